The van der Waals surface area contributed by atoms with Gasteiger partial charge in [-0.3, -0.25) is 9.59 Å². The van der Waals surface area contributed by atoms with Crippen molar-refractivity contribution < 1.29 is 19.1 Å². The molecule has 9 nitrogen and oxygen atoms in total. The highest BCUT2D eigenvalue weighted by Gasteiger charge is 2.20. The predicted molar refractivity (Wildman–Crippen MR) is 128 cm³/mol. The highest BCUT2D eigenvalue weighted by molar-refractivity contribution is 5.89. The molecule has 2 aromatic rings. The number of ether oxygens (including phenoxy) is 2. The second-order valence-electron chi connectivity index (χ2n) is 7.72. The molecule has 0 unspecified atom stereocenters. The van der Waals surface area contributed by atoms with Gasteiger partial charge in [-0.05, 0) is 42.5 Å². The third-order valence-electron chi connectivity index (χ3n) is 5.27. The molecule has 33 heavy (non-hydrogen) atoms. The number of hydrogen-bond acceptors (Lipinski definition) is 7. The molecule has 0 aliphatic heterocycles. The maximum absolute atomic E-state index is 12.4. The predicted octanol–water partition coefficient (Wildman–Crippen LogP) is 0.791. The summed E-state index contributed by atoms with van der Waals surface area (Å²) in [6.45, 7) is 3.11. The van der Waals surface area contributed by atoms with E-state index in [0.717, 1.165) is 16.7 Å². The summed E-state index contributed by atoms with van der Waals surface area (Å²) in [6, 6.07) is 11.9. The Hall–Kier alpha value is -3.14. The van der Waals surface area contributed by atoms with Gasteiger partial charge in [0.15, 0.2) is 0 Å². The van der Waals surface area contributed by atoms with Crippen LogP contribution in [-0.2, 0) is 29.1 Å². The van der Waals surface area contributed by atoms with Crippen molar-refractivity contribution in [3.05, 3.63) is 59.2 Å². The van der Waals surface area contributed by atoms with Crippen molar-refractivity contribution in [1.29, 1.82) is 0 Å². The van der Waals surface area contributed by atoms with Crippen LogP contribution in [0, 0.1) is 0 Å². The average molecular weight is 458 g/mol. The molecule has 2 amide bonds. The van der Waals surface area contributed by atoms with Crippen molar-refractivity contribution in [3.63, 3.8) is 0 Å². The number of amides is 2. The van der Waals surface area contributed by atoms with Crippen molar-refractivity contribution in [2.24, 2.45) is 11.5 Å². The molecule has 0 spiro atoms. The first-order valence-corrected chi connectivity index (χ1v) is 10.9. The van der Waals surface area contributed by atoms with Crippen LogP contribution in [0.15, 0.2) is 42.5 Å². The van der Waals surface area contributed by atoms with E-state index in [-0.39, 0.29) is 11.8 Å². The van der Waals surface area contributed by atoms with Crippen molar-refractivity contribution in [1.82, 2.24) is 16.0 Å². The molecule has 0 aliphatic carbocycles. The molecule has 180 valence electrons. The Labute approximate surface area is 195 Å². The summed E-state index contributed by atoms with van der Waals surface area (Å²) in [7, 11) is 3.17. The van der Waals surface area contributed by atoms with E-state index in [4.69, 9.17) is 20.9 Å². The zero-order chi connectivity index (χ0) is 24.2. The monoisotopic (exact) mass is 457 g/mol. The first kappa shape index (κ1) is 26.1. The minimum Gasteiger partial charge on any atom is -0.497 e. The Balaban J connectivity index is 1.78. The molecule has 7 N–H and O–H groups in total. The minimum atomic E-state index is -0.748. The fourth-order valence-electron chi connectivity index (χ4n) is 3.22. The summed E-state index contributed by atoms with van der Waals surface area (Å²) in [5.41, 5.74) is 14.5. The highest BCUT2D eigenvalue weighted by atomic mass is 16.5. The third-order valence-corrected chi connectivity index (χ3v) is 5.27. The molecule has 0 bridgehead atoms. The first-order valence-electron chi connectivity index (χ1n) is 10.9. The standard InChI is InChI=1S/C24H35N5O4/c1-16(23(30)28-14-18-6-4-17(5-7-18)13-27-15-25)29-24(31)21(26)11-9-19-8-10-20(32-2)12-22(19)33-3/h4-8,10,12,16,21,27H,9,11,13-15,25-26H2,1-3H3,(H,28,30)(H,29,31)/t16-,21+/m0/s1. The van der Waals surface area contributed by atoms with Gasteiger partial charge in [-0.1, -0.05) is 30.3 Å². The van der Waals surface area contributed by atoms with E-state index in [1.807, 2.05) is 36.4 Å². The third kappa shape index (κ3) is 8.38. The van der Waals surface area contributed by atoms with E-state index >= 15 is 0 Å². The quantitative estimate of drug-likeness (QED) is 0.280. The van der Waals surface area contributed by atoms with Crippen LogP contribution in [0.5, 0.6) is 11.5 Å². The molecule has 0 aliphatic rings. The fourth-order valence-corrected chi connectivity index (χ4v) is 3.22. The lowest BCUT2D eigenvalue weighted by molar-refractivity contribution is -0.129. The molecule has 0 radical (unpaired) electrons. The summed E-state index contributed by atoms with van der Waals surface area (Å²) in [5.74, 6) is 0.721. The largest absolute Gasteiger partial charge is 0.497 e. The van der Waals surface area contributed by atoms with Crippen molar-refractivity contribution in [3.8, 4) is 11.5 Å². The van der Waals surface area contributed by atoms with Crippen LogP contribution < -0.4 is 36.9 Å². The van der Waals surface area contributed by atoms with Gasteiger partial charge in [0.25, 0.3) is 0 Å². The molecule has 2 rings (SSSR count). The molecule has 0 saturated carbocycles. The number of nitrogens with one attached hydrogen (secondary N) is 3. The zero-order valence-electron chi connectivity index (χ0n) is 19.5. The zero-order valence-corrected chi connectivity index (χ0v) is 19.5. The van der Waals surface area contributed by atoms with E-state index in [1.165, 1.54) is 0 Å². The van der Waals surface area contributed by atoms with Crippen LogP contribution in [0.25, 0.3) is 0 Å². The van der Waals surface area contributed by atoms with Crippen LogP contribution in [0.1, 0.15) is 30.0 Å². The number of nitrogens with two attached hydrogens (primary N) is 2. The van der Waals surface area contributed by atoms with Crippen LogP contribution in [-0.4, -0.2) is 44.8 Å². The number of carbonyl (C=O) groups excluding carboxylic acids is 2. The average Bonchev–Trinajstić information content (AvgIpc) is 2.84. The summed E-state index contributed by atoms with van der Waals surface area (Å²) in [5, 5.41) is 8.57. The first-order chi connectivity index (χ1) is 15.9. The van der Waals surface area contributed by atoms with E-state index in [9.17, 15) is 9.59 Å². The lowest BCUT2D eigenvalue weighted by atomic mass is 10.0. The van der Waals surface area contributed by atoms with Gasteiger partial charge in [-0.2, -0.15) is 0 Å². The molecular formula is C24H35N5O4. The second-order valence-corrected chi connectivity index (χ2v) is 7.72. The maximum atomic E-state index is 12.4. The summed E-state index contributed by atoms with van der Waals surface area (Å²) >= 11 is 0. The summed E-state index contributed by atoms with van der Waals surface area (Å²) in [4.78, 5) is 24.8. The van der Waals surface area contributed by atoms with Gasteiger partial charge in [0.1, 0.15) is 17.5 Å². The van der Waals surface area contributed by atoms with Gasteiger partial charge >= 0.3 is 0 Å². The number of hydrogen-bond donors (Lipinski definition) is 5. The van der Waals surface area contributed by atoms with E-state index < -0.39 is 12.1 Å². The van der Waals surface area contributed by atoms with Crippen molar-refractivity contribution >= 4 is 11.8 Å². The van der Waals surface area contributed by atoms with Crippen LogP contribution >= 0.6 is 0 Å². The van der Waals surface area contributed by atoms with Crippen LogP contribution in [0.2, 0.25) is 0 Å². The summed E-state index contributed by atoms with van der Waals surface area (Å²) < 4.78 is 10.6. The normalized spacial score (nSPS) is 12.5. The maximum Gasteiger partial charge on any atom is 0.242 e. The fraction of sp³-hybridized carbons (Fsp3) is 0.417. The van der Waals surface area contributed by atoms with Crippen LogP contribution in [0.3, 0.4) is 0 Å². The molecule has 9 heteroatoms. The van der Waals surface area contributed by atoms with Gasteiger partial charge in [0.05, 0.1) is 20.3 Å². The van der Waals surface area contributed by atoms with E-state index in [2.05, 4.69) is 16.0 Å². The van der Waals surface area contributed by atoms with Gasteiger partial charge in [0.2, 0.25) is 11.8 Å². The number of benzene rings is 2. The smallest absolute Gasteiger partial charge is 0.242 e. The van der Waals surface area contributed by atoms with E-state index in [1.54, 1.807) is 27.2 Å². The Morgan fingerprint density at radius 3 is 2.24 bits per heavy atom. The van der Waals surface area contributed by atoms with Crippen molar-refractivity contribution in [2.75, 3.05) is 20.9 Å². The van der Waals surface area contributed by atoms with E-state index in [0.29, 0.717) is 44.1 Å². The van der Waals surface area contributed by atoms with Crippen molar-refractivity contribution in [2.45, 2.75) is 44.9 Å². The Bertz CT molecular complexity index is 904. The number of aryl methyl sites for hydroxylation is 1. The molecule has 0 saturated heterocycles. The second kappa shape index (κ2) is 13.4. The minimum absolute atomic E-state index is 0.277. The number of rotatable bonds is 13. The Morgan fingerprint density at radius 1 is 0.970 bits per heavy atom. The molecule has 0 aromatic heterocycles. The number of carbonyl (C=O) groups is 2. The summed E-state index contributed by atoms with van der Waals surface area (Å²) in [6.07, 6.45) is 0.966. The number of methoxy groups -OCH3 is 2. The molecule has 2 aromatic carbocycles. The Kier molecular flexibility index (Phi) is 10.6. The lowest BCUT2D eigenvalue weighted by Gasteiger charge is -2.18. The molecular weight excluding hydrogens is 422 g/mol. The molecule has 2 atom stereocenters. The SMILES string of the molecule is COc1ccc(CC[C@@H](N)C(=O)N[C@@H](C)C(=O)NCc2ccc(CNCN)cc2)c(OC)c1. The molecule has 0 heterocycles. The highest BCUT2D eigenvalue weighted by Crippen LogP contribution is 2.25. The van der Waals surface area contributed by atoms with Gasteiger partial charge in [-0.15, -0.1) is 0 Å². The lowest BCUT2D eigenvalue weighted by Crippen LogP contribution is -2.50. The Morgan fingerprint density at radius 2 is 1.64 bits per heavy atom. The van der Waals surface area contributed by atoms with Gasteiger partial charge in [0, 0.05) is 25.8 Å². The molecule has 0 fully saturated rings. The topological polar surface area (TPSA) is 141 Å². The van der Waals surface area contributed by atoms with Crippen LogP contribution in [0.4, 0.5) is 0 Å². The van der Waals surface area contributed by atoms with Gasteiger partial charge in [-0.25, -0.2) is 0 Å². The van der Waals surface area contributed by atoms with Gasteiger partial charge < -0.3 is 36.9 Å².